The lowest BCUT2D eigenvalue weighted by atomic mass is 9.99. The SMILES string of the molecule is CCn1c2ccc(C(=O)/C(CCSc3ccc(C)cc3)=N/OC(C)=O)cc2c2cc(C(=O)c3ccccc3I)ccc21. The molecule has 0 amide bonds. The Hall–Kier alpha value is -3.76. The van der Waals surface area contributed by atoms with E-state index in [-0.39, 0.29) is 17.3 Å². The number of thioether (sulfide) groups is 1. The Morgan fingerprint density at radius 3 is 2.17 bits per heavy atom. The number of ketones is 2. The van der Waals surface area contributed by atoms with Crippen LogP contribution in [0.4, 0.5) is 0 Å². The molecule has 5 rings (SSSR count). The van der Waals surface area contributed by atoms with Crippen molar-refractivity contribution in [1.82, 2.24) is 4.57 Å². The van der Waals surface area contributed by atoms with Crippen molar-refractivity contribution in [3.63, 3.8) is 0 Å². The summed E-state index contributed by atoms with van der Waals surface area (Å²) in [6.07, 6.45) is 0.327. The Morgan fingerprint density at radius 2 is 1.52 bits per heavy atom. The first-order chi connectivity index (χ1) is 20.3. The summed E-state index contributed by atoms with van der Waals surface area (Å²) in [5, 5.41) is 5.71. The molecule has 0 radical (unpaired) electrons. The van der Waals surface area contributed by atoms with Gasteiger partial charge >= 0.3 is 5.97 Å². The van der Waals surface area contributed by atoms with E-state index >= 15 is 0 Å². The molecule has 8 heteroatoms. The van der Waals surface area contributed by atoms with E-state index in [2.05, 4.69) is 39.2 Å². The van der Waals surface area contributed by atoms with Crippen LogP contribution in [0.5, 0.6) is 0 Å². The summed E-state index contributed by atoms with van der Waals surface area (Å²) in [6.45, 7) is 6.09. The molecular weight excluding hydrogens is 659 g/mol. The van der Waals surface area contributed by atoms with Gasteiger partial charge in [0.15, 0.2) is 5.78 Å². The van der Waals surface area contributed by atoms with Gasteiger partial charge in [0.25, 0.3) is 0 Å². The second-order valence-electron chi connectivity index (χ2n) is 9.88. The maximum atomic E-state index is 13.7. The molecule has 212 valence electrons. The minimum Gasteiger partial charge on any atom is -0.341 e. The van der Waals surface area contributed by atoms with Crippen LogP contribution in [0.2, 0.25) is 0 Å². The van der Waals surface area contributed by atoms with Crippen molar-refractivity contribution in [2.75, 3.05) is 5.75 Å². The third-order valence-corrected chi connectivity index (χ3v) is 8.95. The van der Waals surface area contributed by atoms with Gasteiger partial charge in [-0.1, -0.05) is 35.0 Å². The van der Waals surface area contributed by atoms with E-state index in [0.29, 0.717) is 28.9 Å². The zero-order chi connectivity index (χ0) is 29.8. The van der Waals surface area contributed by atoms with Gasteiger partial charge < -0.3 is 9.40 Å². The number of benzene rings is 4. The fraction of sp³-hybridized carbons (Fsp3) is 0.176. The summed E-state index contributed by atoms with van der Waals surface area (Å²) in [7, 11) is 0. The number of hydrogen-bond acceptors (Lipinski definition) is 6. The van der Waals surface area contributed by atoms with Gasteiger partial charge in [-0.15, -0.1) is 11.8 Å². The molecule has 6 nitrogen and oxygen atoms in total. The van der Waals surface area contributed by atoms with E-state index in [4.69, 9.17) is 4.84 Å². The van der Waals surface area contributed by atoms with Crippen LogP contribution < -0.4 is 0 Å². The Labute approximate surface area is 262 Å². The summed E-state index contributed by atoms with van der Waals surface area (Å²) in [4.78, 5) is 44.6. The van der Waals surface area contributed by atoms with Gasteiger partial charge in [0.05, 0.1) is 0 Å². The van der Waals surface area contributed by atoms with Crippen LogP contribution in [0.1, 0.15) is 52.1 Å². The van der Waals surface area contributed by atoms with Crippen LogP contribution in [-0.2, 0) is 16.2 Å². The van der Waals surface area contributed by atoms with Crippen molar-refractivity contribution in [1.29, 1.82) is 0 Å². The maximum Gasteiger partial charge on any atom is 0.331 e. The third-order valence-electron chi connectivity index (χ3n) is 7.00. The number of hydrogen-bond donors (Lipinski definition) is 0. The number of oxime groups is 1. The van der Waals surface area contributed by atoms with E-state index in [0.717, 1.165) is 36.8 Å². The summed E-state index contributed by atoms with van der Waals surface area (Å²) in [5.41, 5.74) is 5.00. The molecule has 5 aromatic rings. The van der Waals surface area contributed by atoms with Gasteiger partial charge in [0, 0.05) is 72.6 Å². The largest absolute Gasteiger partial charge is 0.341 e. The van der Waals surface area contributed by atoms with Crippen LogP contribution in [-0.4, -0.2) is 33.6 Å². The second kappa shape index (κ2) is 13.0. The molecule has 0 unspecified atom stereocenters. The molecule has 42 heavy (non-hydrogen) atoms. The first-order valence-corrected chi connectivity index (χ1v) is 15.7. The van der Waals surface area contributed by atoms with Crippen LogP contribution in [0.3, 0.4) is 0 Å². The summed E-state index contributed by atoms with van der Waals surface area (Å²) in [5.74, 6) is -0.339. The minimum atomic E-state index is -0.585. The quantitative estimate of drug-likeness (QED) is 0.0369. The van der Waals surface area contributed by atoms with Crippen molar-refractivity contribution >= 4 is 79.4 Å². The van der Waals surface area contributed by atoms with Crippen LogP contribution in [0, 0.1) is 10.5 Å². The predicted octanol–water partition coefficient (Wildman–Crippen LogP) is 8.24. The van der Waals surface area contributed by atoms with Crippen molar-refractivity contribution in [3.05, 3.63) is 111 Å². The topological polar surface area (TPSA) is 77.7 Å². The van der Waals surface area contributed by atoms with E-state index in [1.165, 1.54) is 12.5 Å². The first-order valence-electron chi connectivity index (χ1n) is 13.6. The van der Waals surface area contributed by atoms with Gasteiger partial charge in [0.1, 0.15) is 5.71 Å². The fourth-order valence-electron chi connectivity index (χ4n) is 4.91. The number of fused-ring (bicyclic) bond motifs is 3. The zero-order valence-electron chi connectivity index (χ0n) is 23.5. The monoisotopic (exact) mass is 688 g/mol. The number of rotatable bonds is 10. The van der Waals surface area contributed by atoms with E-state index in [1.54, 1.807) is 17.8 Å². The van der Waals surface area contributed by atoms with Crippen LogP contribution in [0.15, 0.2) is 95.0 Å². The molecule has 1 aromatic heterocycles. The lowest BCUT2D eigenvalue weighted by Crippen LogP contribution is -2.16. The summed E-state index contributed by atoms with van der Waals surface area (Å²) < 4.78 is 3.06. The average Bonchev–Trinajstić information content (AvgIpc) is 3.31. The average molecular weight is 689 g/mol. The molecule has 0 saturated carbocycles. The molecule has 0 saturated heterocycles. The highest BCUT2D eigenvalue weighted by molar-refractivity contribution is 14.1. The molecule has 0 aliphatic rings. The summed E-state index contributed by atoms with van der Waals surface area (Å²) in [6, 6.07) is 27.0. The molecule has 0 bridgehead atoms. The van der Waals surface area contributed by atoms with Gasteiger partial charge in [-0.25, -0.2) is 4.79 Å². The van der Waals surface area contributed by atoms with E-state index in [1.807, 2.05) is 85.8 Å². The molecule has 0 N–H and O–H groups in total. The van der Waals surface area contributed by atoms with Crippen molar-refractivity contribution < 1.29 is 19.2 Å². The van der Waals surface area contributed by atoms with Gasteiger partial charge in [-0.05, 0) is 97.1 Å². The van der Waals surface area contributed by atoms with Crippen LogP contribution in [0.25, 0.3) is 21.8 Å². The number of halogens is 1. The predicted molar refractivity (Wildman–Crippen MR) is 178 cm³/mol. The van der Waals surface area contributed by atoms with Crippen molar-refractivity contribution in [3.8, 4) is 0 Å². The first kappa shape index (κ1) is 29.7. The molecule has 0 spiro atoms. The molecule has 4 aromatic carbocycles. The Balaban J connectivity index is 1.50. The molecule has 0 fully saturated rings. The number of Topliss-reactive ketones (excluding diaryl/α,β-unsaturated/α-hetero) is 1. The highest BCUT2D eigenvalue weighted by Crippen LogP contribution is 2.32. The molecule has 0 aliphatic heterocycles. The Kier molecular flexibility index (Phi) is 9.23. The zero-order valence-corrected chi connectivity index (χ0v) is 26.5. The highest BCUT2D eigenvalue weighted by Gasteiger charge is 2.20. The molecule has 1 heterocycles. The number of nitrogens with zero attached hydrogens (tertiary/aromatic N) is 2. The molecule has 0 atom stereocenters. The van der Waals surface area contributed by atoms with Gasteiger partial charge in [0.2, 0.25) is 5.78 Å². The van der Waals surface area contributed by atoms with Gasteiger partial charge in [-0.3, -0.25) is 9.59 Å². The molecular formula is C34H29IN2O4S. The minimum absolute atomic E-state index is 0.0478. The highest BCUT2D eigenvalue weighted by atomic mass is 127. The normalized spacial score (nSPS) is 11.7. The summed E-state index contributed by atoms with van der Waals surface area (Å²) >= 11 is 3.79. The van der Waals surface area contributed by atoms with E-state index < -0.39 is 5.97 Å². The van der Waals surface area contributed by atoms with Crippen molar-refractivity contribution in [2.45, 2.75) is 38.6 Å². The van der Waals surface area contributed by atoms with Crippen LogP contribution >= 0.6 is 34.4 Å². The second-order valence-corrected chi connectivity index (χ2v) is 12.2. The number of aryl methyl sites for hydroxylation is 2. The van der Waals surface area contributed by atoms with Crippen molar-refractivity contribution in [2.24, 2.45) is 5.16 Å². The lowest BCUT2D eigenvalue weighted by Gasteiger charge is -2.07. The Morgan fingerprint density at radius 1 is 0.881 bits per heavy atom. The van der Waals surface area contributed by atoms with Gasteiger partial charge in [-0.2, -0.15) is 0 Å². The molecule has 0 aliphatic carbocycles. The number of carbonyl (C=O) groups excluding carboxylic acids is 3. The fourth-order valence-corrected chi connectivity index (χ4v) is 6.41. The number of aromatic nitrogens is 1. The smallest absolute Gasteiger partial charge is 0.331 e. The van der Waals surface area contributed by atoms with E-state index in [9.17, 15) is 14.4 Å². The standard InChI is InChI=1S/C34H29IN2O4S/c1-4-37-31-15-11-23(33(39)26-7-5-6-8-29(26)35)19-27(31)28-20-24(12-16-32(28)37)34(40)30(36-41-22(3)38)17-18-42-25-13-9-21(2)10-14-25/h5-16,19-20H,4,17-18H2,1-3H3/b36-30+. The maximum absolute atomic E-state index is 13.7. The Bertz CT molecular complexity index is 1860. The number of carbonyl (C=O) groups is 3. The third kappa shape index (κ3) is 6.34. The lowest BCUT2D eigenvalue weighted by molar-refractivity contribution is -0.140.